The van der Waals surface area contributed by atoms with E-state index in [2.05, 4.69) is 0 Å². The maximum Gasteiger partial charge on any atom is 0.372 e. The molecule has 0 aliphatic rings. The molecule has 0 bridgehead atoms. The Labute approximate surface area is 137 Å². The van der Waals surface area contributed by atoms with Crippen LogP contribution in [0.2, 0.25) is 0 Å². The fourth-order valence-corrected chi connectivity index (χ4v) is 2.79. The Balaban J connectivity index is 1.60. The highest BCUT2D eigenvalue weighted by Crippen LogP contribution is 2.17. The molecule has 0 aliphatic carbocycles. The van der Waals surface area contributed by atoms with Crippen LogP contribution in [0.15, 0.2) is 60.7 Å². The van der Waals surface area contributed by atoms with Crippen LogP contribution in [0, 0.1) is 0 Å². The van der Waals surface area contributed by atoms with Crippen LogP contribution in [0.1, 0.15) is 0 Å². The van der Waals surface area contributed by atoms with Gasteiger partial charge in [0.2, 0.25) is 0 Å². The summed E-state index contributed by atoms with van der Waals surface area (Å²) in [5.41, 5.74) is 0. The number of hydrogen-bond acceptors (Lipinski definition) is 6. The summed E-state index contributed by atoms with van der Waals surface area (Å²) >= 11 is 2.06. The molecule has 0 saturated heterocycles. The molecule has 2 aromatic carbocycles. The molecule has 0 amide bonds. The van der Waals surface area contributed by atoms with E-state index in [1.54, 1.807) is 48.5 Å². The van der Waals surface area contributed by atoms with Crippen molar-refractivity contribution in [2.75, 3.05) is 11.5 Å². The van der Waals surface area contributed by atoms with Gasteiger partial charge in [0.1, 0.15) is 11.5 Å². The first-order valence-electron chi connectivity index (χ1n) is 6.53. The van der Waals surface area contributed by atoms with Gasteiger partial charge in [0.15, 0.2) is 0 Å². The lowest BCUT2D eigenvalue weighted by molar-refractivity contribution is 0.226. The number of hydrogen-bond donors (Lipinski definition) is 0. The van der Waals surface area contributed by atoms with Crippen LogP contribution in [0.25, 0.3) is 0 Å². The first-order valence-corrected chi connectivity index (χ1v) is 8.50. The van der Waals surface area contributed by atoms with Gasteiger partial charge in [0, 0.05) is 11.5 Å². The average Bonchev–Trinajstić information content (AvgIpc) is 2.53. The van der Waals surface area contributed by atoms with Gasteiger partial charge < -0.3 is 9.47 Å². The normalized spacial score (nSPS) is 10.0. The van der Waals surface area contributed by atoms with Crippen molar-refractivity contribution in [2.45, 2.75) is 0 Å². The maximum absolute atomic E-state index is 11.6. The highest BCUT2D eigenvalue weighted by atomic mass is 32.2. The minimum atomic E-state index is -0.386. The number of carbonyl (C=O) groups excluding carboxylic acids is 2. The molecule has 114 valence electrons. The Morgan fingerprint density at radius 2 is 1.05 bits per heavy atom. The summed E-state index contributed by atoms with van der Waals surface area (Å²) in [7, 11) is 0. The molecule has 0 aliphatic heterocycles. The van der Waals surface area contributed by atoms with Crippen molar-refractivity contribution < 1.29 is 19.1 Å². The second kappa shape index (κ2) is 9.17. The third kappa shape index (κ3) is 6.24. The van der Waals surface area contributed by atoms with Gasteiger partial charge in [-0.3, -0.25) is 0 Å². The fourth-order valence-electron chi connectivity index (χ4n) is 1.48. The Morgan fingerprint density at radius 3 is 1.41 bits per heavy atom. The summed E-state index contributed by atoms with van der Waals surface area (Å²) in [6, 6.07) is 17.7. The second-order valence-corrected chi connectivity index (χ2v) is 6.09. The first kappa shape index (κ1) is 16.5. The largest absolute Gasteiger partial charge is 0.418 e. The molecule has 0 atom stereocenters. The van der Waals surface area contributed by atoms with Crippen LogP contribution in [0.4, 0.5) is 9.59 Å². The predicted octanol–water partition coefficient (Wildman–Crippen LogP) is 4.85. The summed E-state index contributed by atoms with van der Waals surface area (Å²) in [5.74, 6) is 1.97. The molecular weight excluding hydrogens is 320 g/mol. The molecule has 0 aromatic heterocycles. The number of benzene rings is 2. The molecule has 2 aromatic rings. The zero-order valence-electron chi connectivity index (χ0n) is 11.6. The zero-order valence-corrected chi connectivity index (χ0v) is 13.3. The van der Waals surface area contributed by atoms with E-state index in [4.69, 9.17) is 9.47 Å². The molecule has 2 rings (SSSR count). The SMILES string of the molecule is O=C(Oc1ccccc1)SCCSC(=O)Oc1ccccc1. The van der Waals surface area contributed by atoms with Crippen molar-refractivity contribution in [3.8, 4) is 11.5 Å². The Bertz CT molecular complexity index is 547. The van der Waals surface area contributed by atoms with Crippen LogP contribution < -0.4 is 9.47 Å². The summed E-state index contributed by atoms with van der Waals surface area (Å²) < 4.78 is 10.2. The van der Waals surface area contributed by atoms with E-state index in [0.29, 0.717) is 23.0 Å². The van der Waals surface area contributed by atoms with Crippen LogP contribution in [0.5, 0.6) is 11.5 Å². The van der Waals surface area contributed by atoms with E-state index < -0.39 is 0 Å². The average molecular weight is 334 g/mol. The Morgan fingerprint density at radius 1 is 0.682 bits per heavy atom. The molecule has 22 heavy (non-hydrogen) atoms. The van der Waals surface area contributed by atoms with E-state index in [-0.39, 0.29) is 10.6 Å². The molecule has 0 heterocycles. The molecule has 0 fully saturated rings. The smallest absolute Gasteiger partial charge is 0.372 e. The number of para-hydroxylation sites is 2. The minimum absolute atomic E-state index is 0.386. The van der Waals surface area contributed by atoms with Gasteiger partial charge in [-0.1, -0.05) is 36.4 Å². The second-order valence-electron chi connectivity index (χ2n) is 4.03. The third-order valence-electron chi connectivity index (χ3n) is 2.41. The third-order valence-corrected chi connectivity index (χ3v) is 4.12. The first-order chi connectivity index (χ1) is 10.7. The van der Waals surface area contributed by atoms with Crippen LogP contribution in [-0.4, -0.2) is 22.1 Å². The van der Waals surface area contributed by atoms with Crippen LogP contribution in [-0.2, 0) is 0 Å². The quantitative estimate of drug-likeness (QED) is 0.575. The van der Waals surface area contributed by atoms with Crippen molar-refractivity contribution in [1.29, 1.82) is 0 Å². The molecule has 0 radical (unpaired) electrons. The molecule has 0 saturated carbocycles. The Kier molecular flexibility index (Phi) is 6.86. The van der Waals surface area contributed by atoms with Crippen LogP contribution in [0.3, 0.4) is 0 Å². The van der Waals surface area contributed by atoms with Gasteiger partial charge in [0.25, 0.3) is 0 Å². The van der Waals surface area contributed by atoms with E-state index in [9.17, 15) is 9.59 Å². The summed E-state index contributed by atoms with van der Waals surface area (Å²) in [6.07, 6.45) is 0. The van der Waals surface area contributed by atoms with E-state index in [1.807, 2.05) is 12.1 Å². The van der Waals surface area contributed by atoms with Crippen molar-refractivity contribution in [3.63, 3.8) is 0 Å². The lowest BCUT2D eigenvalue weighted by Crippen LogP contribution is -2.05. The highest BCUT2D eigenvalue weighted by Gasteiger charge is 2.08. The lowest BCUT2D eigenvalue weighted by atomic mass is 10.3. The van der Waals surface area contributed by atoms with E-state index in [1.165, 1.54) is 0 Å². The topological polar surface area (TPSA) is 52.6 Å². The predicted molar refractivity (Wildman–Crippen MR) is 89.8 cm³/mol. The summed E-state index contributed by atoms with van der Waals surface area (Å²) in [4.78, 5) is 23.1. The highest BCUT2D eigenvalue weighted by molar-refractivity contribution is 8.16. The summed E-state index contributed by atoms with van der Waals surface area (Å²) in [5, 5.41) is -0.772. The van der Waals surface area contributed by atoms with Crippen LogP contribution >= 0.6 is 23.5 Å². The fraction of sp³-hybridized carbons (Fsp3) is 0.125. The minimum Gasteiger partial charge on any atom is -0.418 e. The summed E-state index contributed by atoms with van der Waals surface area (Å²) in [6.45, 7) is 0. The van der Waals surface area contributed by atoms with Gasteiger partial charge in [-0.15, -0.1) is 0 Å². The lowest BCUT2D eigenvalue weighted by Gasteiger charge is -2.04. The molecule has 0 N–H and O–H groups in total. The van der Waals surface area contributed by atoms with Gasteiger partial charge in [-0.25, -0.2) is 9.59 Å². The zero-order chi connectivity index (χ0) is 15.6. The monoisotopic (exact) mass is 334 g/mol. The number of carbonyl (C=O) groups is 2. The van der Waals surface area contributed by atoms with Gasteiger partial charge in [0.05, 0.1) is 0 Å². The molecule has 6 heteroatoms. The maximum atomic E-state index is 11.6. The molecule has 4 nitrogen and oxygen atoms in total. The number of thioether (sulfide) groups is 2. The number of ether oxygens (including phenoxy) is 2. The van der Waals surface area contributed by atoms with Crippen molar-refractivity contribution in [1.82, 2.24) is 0 Å². The standard InChI is InChI=1S/C16H14O4S2/c17-15(19-13-7-3-1-4-8-13)21-11-12-22-16(18)20-14-9-5-2-6-10-14/h1-10H,11-12H2. The molecule has 0 spiro atoms. The van der Waals surface area contributed by atoms with Crippen molar-refractivity contribution >= 4 is 34.1 Å². The molecular formula is C16H14O4S2. The van der Waals surface area contributed by atoms with Crippen molar-refractivity contribution in [3.05, 3.63) is 60.7 Å². The van der Waals surface area contributed by atoms with Gasteiger partial charge in [-0.2, -0.15) is 0 Å². The van der Waals surface area contributed by atoms with E-state index in [0.717, 1.165) is 23.5 Å². The number of rotatable bonds is 5. The van der Waals surface area contributed by atoms with Gasteiger partial charge >= 0.3 is 10.6 Å². The van der Waals surface area contributed by atoms with E-state index >= 15 is 0 Å². The van der Waals surface area contributed by atoms with Gasteiger partial charge in [-0.05, 0) is 47.8 Å². The Hall–Kier alpha value is -1.92. The van der Waals surface area contributed by atoms with Crippen molar-refractivity contribution in [2.24, 2.45) is 0 Å². The molecule has 0 unspecified atom stereocenters.